The van der Waals surface area contributed by atoms with Gasteiger partial charge in [0.1, 0.15) is 30.2 Å². The van der Waals surface area contributed by atoms with Gasteiger partial charge in [-0.2, -0.15) is 8.78 Å². The highest BCUT2D eigenvalue weighted by atomic mass is 19.3. The van der Waals surface area contributed by atoms with Crippen molar-refractivity contribution in [3.63, 3.8) is 0 Å². The Hall–Kier alpha value is -4.28. The van der Waals surface area contributed by atoms with E-state index in [0.717, 1.165) is 4.90 Å². The Morgan fingerprint density at radius 2 is 1.88 bits per heavy atom. The molecule has 1 fully saturated rings. The molecule has 2 heterocycles. The van der Waals surface area contributed by atoms with Crippen molar-refractivity contribution >= 4 is 29.1 Å². The van der Waals surface area contributed by atoms with E-state index < -0.39 is 18.5 Å². The van der Waals surface area contributed by atoms with E-state index in [2.05, 4.69) is 14.7 Å². The van der Waals surface area contributed by atoms with Crippen LogP contribution in [0.2, 0.25) is 0 Å². The first-order chi connectivity index (χ1) is 15.3. The smallest absolute Gasteiger partial charge is 0.387 e. The van der Waals surface area contributed by atoms with E-state index in [4.69, 9.17) is 10.5 Å². The number of nitrogens with two attached hydrogens (primary N) is 1. The quantitative estimate of drug-likeness (QED) is 0.580. The molecule has 0 bridgehead atoms. The number of halogens is 2. The molecule has 0 radical (unpaired) electrons. The van der Waals surface area contributed by atoms with E-state index in [1.807, 2.05) is 0 Å². The number of carbonyl (C=O) groups excluding carboxylic acids is 2. The van der Waals surface area contributed by atoms with E-state index in [-0.39, 0.29) is 29.7 Å². The van der Waals surface area contributed by atoms with Gasteiger partial charge in [-0.3, -0.25) is 9.69 Å². The second kappa shape index (κ2) is 8.46. The lowest BCUT2D eigenvalue weighted by Crippen LogP contribution is -2.33. The van der Waals surface area contributed by atoms with Crippen LogP contribution < -0.4 is 25.0 Å². The SMILES string of the molecule is Cc1cc(Oc2cc(N)ncn2)ccc1N1C(=O)CN(c2cccc(OC(F)F)c2)C1=O. The molecule has 0 aliphatic carbocycles. The standard InChI is InChI=1S/C21H17F2N5O4/c1-12-7-15(31-18-9-17(24)25-11-26-18)5-6-16(12)28-19(29)10-27(21(28)30)13-3-2-4-14(8-13)32-20(22)23/h2-9,11,20H,10H2,1H3,(H2,24,25,26). The molecule has 0 saturated carbocycles. The molecule has 32 heavy (non-hydrogen) atoms. The lowest BCUT2D eigenvalue weighted by Gasteiger charge is -2.19. The average molecular weight is 441 g/mol. The number of hydrogen-bond donors (Lipinski definition) is 1. The van der Waals surface area contributed by atoms with Crippen molar-refractivity contribution in [1.29, 1.82) is 0 Å². The van der Waals surface area contributed by atoms with Crippen LogP contribution in [0.5, 0.6) is 17.4 Å². The molecule has 1 aliphatic heterocycles. The first-order valence-electron chi connectivity index (χ1n) is 9.37. The summed E-state index contributed by atoms with van der Waals surface area (Å²) in [6, 6.07) is 11.3. The Bertz CT molecular complexity index is 1190. The molecule has 0 spiro atoms. The van der Waals surface area contributed by atoms with Gasteiger partial charge >= 0.3 is 12.6 Å². The third-order valence-electron chi connectivity index (χ3n) is 4.61. The molecular formula is C21H17F2N5O4. The monoisotopic (exact) mass is 441 g/mol. The topological polar surface area (TPSA) is 111 Å². The van der Waals surface area contributed by atoms with Crippen molar-refractivity contribution < 1.29 is 27.8 Å². The van der Waals surface area contributed by atoms with Crippen LogP contribution in [0, 0.1) is 6.92 Å². The second-order valence-electron chi connectivity index (χ2n) is 6.81. The fourth-order valence-corrected chi connectivity index (χ4v) is 3.24. The van der Waals surface area contributed by atoms with Crippen molar-refractivity contribution in [3.05, 3.63) is 60.4 Å². The minimum absolute atomic E-state index is 0.112. The lowest BCUT2D eigenvalue weighted by molar-refractivity contribution is -0.115. The van der Waals surface area contributed by atoms with Crippen molar-refractivity contribution in [3.8, 4) is 17.4 Å². The number of ether oxygens (including phenoxy) is 2. The number of carbonyl (C=O) groups is 2. The summed E-state index contributed by atoms with van der Waals surface area (Å²) >= 11 is 0. The summed E-state index contributed by atoms with van der Waals surface area (Å²) < 4.78 is 35.0. The maximum atomic E-state index is 13.0. The van der Waals surface area contributed by atoms with Gasteiger partial charge in [-0.05, 0) is 42.8 Å². The van der Waals surface area contributed by atoms with Crippen LogP contribution in [0.25, 0.3) is 0 Å². The molecule has 164 valence electrons. The predicted molar refractivity (Wildman–Crippen MR) is 111 cm³/mol. The molecule has 11 heteroatoms. The predicted octanol–water partition coefficient (Wildman–Crippen LogP) is 3.73. The van der Waals surface area contributed by atoms with Crippen LogP contribution in [-0.4, -0.2) is 35.1 Å². The number of alkyl halides is 2. The highest BCUT2D eigenvalue weighted by Crippen LogP contribution is 2.33. The van der Waals surface area contributed by atoms with Gasteiger partial charge in [0.05, 0.1) is 5.69 Å². The number of hydrogen-bond acceptors (Lipinski definition) is 7. The number of rotatable bonds is 6. The number of nitrogens with zero attached hydrogens (tertiary/aromatic N) is 4. The van der Waals surface area contributed by atoms with Gasteiger partial charge in [0.15, 0.2) is 0 Å². The minimum Gasteiger partial charge on any atom is -0.439 e. The summed E-state index contributed by atoms with van der Waals surface area (Å²) in [5, 5.41) is 0. The number of nitrogen functional groups attached to an aromatic ring is 1. The van der Waals surface area contributed by atoms with E-state index >= 15 is 0 Å². The van der Waals surface area contributed by atoms with Crippen molar-refractivity contribution in [2.45, 2.75) is 13.5 Å². The zero-order valence-corrected chi connectivity index (χ0v) is 16.7. The third kappa shape index (κ3) is 4.26. The summed E-state index contributed by atoms with van der Waals surface area (Å²) in [7, 11) is 0. The van der Waals surface area contributed by atoms with Gasteiger partial charge in [0, 0.05) is 17.8 Å². The number of imide groups is 1. The van der Waals surface area contributed by atoms with E-state index in [9.17, 15) is 18.4 Å². The fraction of sp³-hybridized carbons (Fsp3) is 0.143. The number of anilines is 3. The largest absolute Gasteiger partial charge is 0.439 e. The zero-order chi connectivity index (χ0) is 22.8. The number of aryl methyl sites for hydroxylation is 1. The van der Waals surface area contributed by atoms with Crippen LogP contribution in [0.1, 0.15) is 5.56 Å². The first kappa shape index (κ1) is 21.0. The molecule has 0 atom stereocenters. The lowest BCUT2D eigenvalue weighted by atomic mass is 10.1. The Morgan fingerprint density at radius 1 is 1.06 bits per heavy atom. The fourth-order valence-electron chi connectivity index (χ4n) is 3.24. The Kier molecular flexibility index (Phi) is 5.54. The van der Waals surface area contributed by atoms with Crippen LogP contribution in [0.4, 0.5) is 30.8 Å². The van der Waals surface area contributed by atoms with Gasteiger partial charge in [0.25, 0.3) is 5.91 Å². The molecular weight excluding hydrogens is 424 g/mol. The molecule has 9 nitrogen and oxygen atoms in total. The first-order valence-corrected chi connectivity index (χ1v) is 9.37. The number of benzene rings is 2. The molecule has 3 amide bonds. The molecule has 2 aromatic carbocycles. The molecule has 1 aliphatic rings. The molecule has 1 saturated heterocycles. The maximum absolute atomic E-state index is 13.0. The molecule has 3 aromatic rings. The molecule has 2 N–H and O–H groups in total. The summed E-state index contributed by atoms with van der Waals surface area (Å²) in [5.74, 6) is 0.349. The summed E-state index contributed by atoms with van der Waals surface area (Å²) in [6.45, 7) is -1.52. The molecule has 0 unspecified atom stereocenters. The van der Waals surface area contributed by atoms with Crippen LogP contribution >= 0.6 is 0 Å². The highest BCUT2D eigenvalue weighted by molar-refractivity contribution is 6.27. The van der Waals surface area contributed by atoms with Crippen molar-refractivity contribution in [2.24, 2.45) is 0 Å². The highest BCUT2D eigenvalue weighted by Gasteiger charge is 2.38. The van der Waals surface area contributed by atoms with Crippen LogP contribution in [0.3, 0.4) is 0 Å². The van der Waals surface area contributed by atoms with Gasteiger partial charge in [-0.25, -0.2) is 19.7 Å². The Labute approximate surface area is 181 Å². The van der Waals surface area contributed by atoms with E-state index in [1.54, 1.807) is 25.1 Å². The maximum Gasteiger partial charge on any atom is 0.387 e. The van der Waals surface area contributed by atoms with E-state index in [0.29, 0.717) is 17.0 Å². The summed E-state index contributed by atoms with van der Waals surface area (Å²) in [4.78, 5) is 35.6. The second-order valence-corrected chi connectivity index (χ2v) is 6.81. The number of aromatic nitrogens is 2. The third-order valence-corrected chi connectivity index (χ3v) is 4.61. The number of urea groups is 1. The average Bonchev–Trinajstić information content (AvgIpc) is 3.02. The van der Waals surface area contributed by atoms with E-state index in [1.165, 1.54) is 41.6 Å². The van der Waals surface area contributed by atoms with Crippen LogP contribution in [-0.2, 0) is 4.79 Å². The molecule has 1 aromatic heterocycles. The van der Waals surface area contributed by atoms with Gasteiger partial charge in [-0.1, -0.05) is 6.07 Å². The van der Waals surface area contributed by atoms with Crippen molar-refractivity contribution in [2.75, 3.05) is 22.1 Å². The number of amides is 3. The summed E-state index contributed by atoms with van der Waals surface area (Å²) in [6.07, 6.45) is 1.27. The van der Waals surface area contributed by atoms with Gasteiger partial charge < -0.3 is 15.2 Å². The van der Waals surface area contributed by atoms with Gasteiger partial charge in [-0.15, -0.1) is 0 Å². The Morgan fingerprint density at radius 3 is 2.59 bits per heavy atom. The molecule has 4 rings (SSSR count). The summed E-state index contributed by atoms with van der Waals surface area (Å²) in [5.41, 5.74) is 6.85. The minimum atomic E-state index is -3.00. The van der Waals surface area contributed by atoms with Crippen molar-refractivity contribution in [1.82, 2.24) is 9.97 Å². The van der Waals surface area contributed by atoms with Gasteiger partial charge in [0.2, 0.25) is 5.88 Å². The zero-order valence-electron chi connectivity index (χ0n) is 16.7. The normalized spacial score (nSPS) is 13.8. The van der Waals surface area contributed by atoms with Crippen LogP contribution in [0.15, 0.2) is 54.9 Å². The Balaban J connectivity index is 1.56.